The van der Waals surface area contributed by atoms with Crippen molar-refractivity contribution in [2.75, 3.05) is 0 Å². The van der Waals surface area contributed by atoms with Crippen LogP contribution in [0.2, 0.25) is 0 Å². The Kier molecular flexibility index (Phi) is 12.2. The topological polar surface area (TPSA) is 197 Å². The molecule has 0 aliphatic heterocycles. The van der Waals surface area contributed by atoms with E-state index in [2.05, 4.69) is 21.3 Å². The van der Waals surface area contributed by atoms with Gasteiger partial charge in [-0.1, -0.05) is 58.0 Å². The number of hydrogen-bond acceptors (Lipinski definition) is 6. The molecule has 0 saturated heterocycles. The lowest BCUT2D eigenvalue weighted by Crippen LogP contribution is -2.60. The molecule has 4 atom stereocenters. The van der Waals surface area contributed by atoms with E-state index in [-0.39, 0.29) is 6.42 Å². The lowest BCUT2D eigenvalue weighted by atomic mass is 10.00. The fourth-order valence-corrected chi connectivity index (χ4v) is 3.53. The molecule has 0 spiro atoms. The Morgan fingerprint density at radius 3 is 1.73 bits per heavy atom. The van der Waals surface area contributed by atoms with Gasteiger partial charge in [0.2, 0.25) is 29.5 Å². The number of primary amides is 1. The smallest absolute Gasteiger partial charge is 0.326 e. The van der Waals surface area contributed by atoms with Gasteiger partial charge < -0.3 is 32.1 Å². The summed E-state index contributed by atoms with van der Waals surface area (Å²) < 4.78 is 0. The summed E-state index contributed by atoms with van der Waals surface area (Å²) >= 11 is 0. The first-order chi connectivity index (χ1) is 17.2. The van der Waals surface area contributed by atoms with E-state index in [4.69, 9.17) is 5.73 Å². The third-order valence-electron chi connectivity index (χ3n) is 5.49. The van der Waals surface area contributed by atoms with Crippen LogP contribution in [0, 0.1) is 11.8 Å². The van der Waals surface area contributed by atoms with Gasteiger partial charge in [-0.05, 0) is 17.4 Å². The molecule has 0 aliphatic rings. The zero-order chi connectivity index (χ0) is 28.3. The molecule has 37 heavy (non-hydrogen) atoms. The van der Waals surface area contributed by atoms with E-state index in [1.54, 1.807) is 52.0 Å². The van der Waals surface area contributed by atoms with E-state index >= 15 is 0 Å². The lowest BCUT2D eigenvalue weighted by molar-refractivity contribution is -0.143. The molecule has 1 aromatic carbocycles. The van der Waals surface area contributed by atoms with Crippen LogP contribution in [0.3, 0.4) is 0 Å². The predicted molar refractivity (Wildman–Crippen MR) is 135 cm³/mol. The highest BCUT2D eigenvalue weighted by atomic mass is 16.4. The highest BCUT2D eigenvalue weighted by Crippen LogP contribution is 2.09. The van der Waals surface area contributed by atoms with Crippen LogP contribution in [-0.2, 0) is 35.2 Å². The van der Waals surface area contributed by atoms with Crippen molar-refractivity contribution in [2.24, 2.45) is 17.6 Å². The predicted octanol–water partition coefficient (Wildman–Crippen LogP) is -0.540. The maximum absolute atomic E-state index is 13.1. The number of carboxylic acids is 1. The van der Waals surface area contributed by atoms with Gasteiger partial charge in [0.1, 0.15) is 24.2 Å². The van der Waals surface area contributed by atoms with Crippen LogP contribution in [0.25, 0.3) is 0 Å². The lowest BCUT2D eigenvalue weighted by Gasteiger charge is -2.28. The number of carbonyl (C=O) groups is 6. The molecule has 1 aromatic rings. The van der Waals surface area contributed by atoms with Crippen molar-refractivity contribution in [1.82, 2.24) is 21.3 Å². The Morgan fingerprint density at radius 1 is 0.757 bits per heavy atom. The van der Waals surface area contributed by atoms with E-state index in [0.717, 1.165) is 5.56 Å². The zero-order valence-electron chi connectivity index (χ0n) is 21.7. The van der Waals surface area contributed by atoms with Crippen molar-refractivity contribution in [3.05, 3.63) is 35.9 Å². The number of carbonyl (C=O) groups excluding carboxylic acids is 5. The summed E-state index contributed by atoms with van der Waals surface area (Å²) in [5.74, 6) is -5.81. The zero-order valence-corrected chi connectivity index (χ0v) is 21.7. The summed E-state index contributed by atoms with van der Waals surface area (Å²) in [4.78, 5) is 73.7. The number of aliphatic carboxylic acids is 1. The molecule has 12 nitrogen and oxygen atoms in total. The van der Waals surface area contributed by atoms with Crippen molar-refractivity contribution in [2.45, 2.75) is 71.6 Å². The molecular formula is C25H37N5O7. The Morgan fingerprint density at radius 2 is 1.27 bits per heavy atom. The number of rotatable bonds is 14. The second-order valence-electron chi connectivity index (χ2n) is 9.47. The highest BCUT2D eigenvalue weighted by molar-refractivity contribution is 5.96. The molecule has 0 saturated carbocycles. The summed E-state index contributed by atoms with van der Waals surface area (Å²) in [6, 6.07) is 4.17. The minimum Gasteiger partial charge on any atom is -0.480 e. The van der Waals surface area contributed by atoms with E-state index in [0.29, 0.717) is 0 Å². The van der Waals surface area contributed by atoms with Gasteiger partial charge in [0.05, 0.1) is 6.42 Å². The van der Waals surface area contributed by atoms with Gasteiger partial charge in [0.25, 0.3) is 0 Å². The highest BCUT2D eigenvalue weighted by Gasteiger charge is 2.33. The average Bonchev–Trinajstić information content (AvgIpc) is 2.79. The summed E-state index contributed by atoms with van der Waals surface area (Å²) in [5, 5.41) is 19.2. The van der Waals surface area contributed by atoms with Gasteiger partial charge in [-0.25, -0.2) is 4.79 Å². The molecule has 1 rings (SSSR count). The van der Waals surface area contributed by atoms with Crippen LogP contribution in [0.15, 0.2) is 30.3 Å². The maximum Gasteiger partial charge on any atom is 0.326 e. The van der Waals surface area contributed by atoms with Gasteiger partial charge in [0.15, 0.2) is 0 Å². The SMILES string of the molecule is CC(=O)NC(Cc1ccccc1)C(=O)NC(C(=O)NC(CC(N)=O)C(=O)NC(C(=O)O)C(C)C)C(C)C. The largest absolute Gasteiger partial charge is 0.480 e. The molecule has 0 fully saturated rings. The van der Waals surface area contributed by atoms with Crippen molar-refractivity contribution < 1.29 is 33.9 Å². The Bertz CT molecular complexity index is 981. The van der Waals surface area contributed by atoms with E-state index in [1.807, 2.05) is 6.07 Å². The fraction of sp³-hybridized carbons (Fsp3) is 0.520. The van der Waals surface area contributed by atoms with Crippen molar-refractivity contribution in [3.63, 3.8) is 0 Å². The number of carboxylic acid groups (broad SMARTS) is 1. The minimum absolute atomic E-state index is 0.178. The van der Waals surface area contributed by atoms with Crippen LogP contribution in [0.4, 0.5) is 0 Å². The standard InChI is InChI=1S/C25H37N5O7/c1-13(2)20(29-22(33)17(27-15(5)31)11-16-9-7-6-8-10-16)24(35)28-18(12-19(26)32)23(34)30-21(14(3)4)25(36)37/h6-10,13-14,17-18,20-21H,11-12H2,1-5H3,(H2,26,32)(H,27,31)(H,28,35)(H,29,33)(H,30,34)(H,36,37). The third-order valence-corrected chi connectivity index (χ3v) is 5.49. The number of nitrogens with one attached hydrogen (secondary N) is 4. The average molecular weight is 520 g/mol. The molecule has 0 bridgehead atoms. The minimum atomic E-state index is -1.46. The van der Waals surface area contributed by atoms with Crippen LogP contribution in [0.1, 0.15) is 46.6 Å². The first-order valence-corrected chi connectivity index (χ1v) is 12.0. The first kappa shape index (κ1) is 31.1. The van der Waals surface area contributed by atoms with Crippen LogP contribution in [0.5, 0.6) is 0 Å². The number of hydrogen-bond donors (Lipinski definition) is 6. The van der Waals surface area contributed by atoms with E-state index in [1.165, 1.54) is 6.92 Å². The molecule has 0 heterocycles. The van der Waals surface area contributed by atoms with Crippen molar-refractivity contribution in [1.29, 1.82) is 0 Å². The summed E-state index contributed by atoms with van der Waals surface area (Å²) in [5.41, 5.74) is 6.03. The Hall–Kier alpha value is -3.96. The fourth-order valence-electron chi connectivity index (χ4n) is 3.53. The van der Waals surface area contributed by atoms with Gasteiger partial charge in [-0.2, -0.15) is 0 Å². The molecule has 0 aliphatic carbocycles. The first-order valence-electron chi connectivity index (χ1n) is 12.0. The second kappa shape index (κ2) is 14.6. The third kappa shape index (κ3) is 10.7. The molecule has 7 N–H and O–H groups in total. The monoisotopic (exact) mass is 519 g/mol. The summed E-state index contributed by atoms with van der Waals surface area (Å²) in [7, 11) is 0. The van der Waals surface area contributed by atoms with Crippen molar-refractivity contribution >= 4 is 35.5 Å². The summed E-state index contributed by atoms with van der Waals surface area (Å²) in [6.45, 7) is 7.78. The molecule has 4 unspecified atom stereocenters. The quantitative estimate of drug-likeness (QED) is 0.190. The van der Waals surface area contributed by atoms with Crippen LogP contribution in [-0.4, -0.2) is 64.8 Å². The molecule has 0 radical (unpaired) electrons. The van der Waals surface area contributed by atoms with Gasteiger partial charge in [-0.3, -0.25) is 24.0 Å². The van der Waals surface area contributed by atoms with Crippen molar-refractivity contribution in [3.8, 4) is 0 Å². The maximum atomic E-state index is 13.1. The number of benzene rings is 1. The van der Waals surface area contributed by atoms with E-state index < -0.39 is 77.9 Å². The second-order valence-corrected chi connectivity index (χ2v) is 9.47. The molecule has 0 aromatic heterocycles. The Labute approximate surface area is 216 Å². The molecule has 12 heteroatoms. The normalized spacial score (nSPS) is 14.1. The molecule has 204 valence electrons. The summed E-state index contributed by atoms with van der Waals surface area (Å²) in [6.07, 6.45) is -0.402. The van der Waals surface area contributed by atoms with Gasteiger partial charge >= 0.3 is 5.97 Å². The van der Waals surface area contributed by atoms with Crippen LogP contribution >= 0.6 is 0 Å². The number of nitrogens with two attached hydrogens (primary N) is 1. The van der Waals surface area contributed by atoms with Crippen LogP contribution < -0.4 is 27.0 Å². The number of amides is 5. The Balaban J connectivity index is 3.07. The van der Waals surface area contributed by atoms with Gasteiger partial charge in [0, 0.05) is 13.3 Å². The van der Waals surface area contributed by atoms with Gasteiger partial charge in [-0.15, -0.1) is 0 Å². The van der Waals surface area contributed by atoms with E-state index in [9.17, 15) is 33.9 Å². The molecule has 5 amide bonds. The molecular weight excluding hydrogens is 482 g/mol.